The summed E-state index contributed by atoms with van der Waals surface area (Å²) < 4.78 is 2.03. The molecule has 1 N–H and O–H groups in total. The molecule has 0 atom stereocenters. The number of hydrogen-bond acceptors (Lipinski definition) is 3. The van der Waals surface area contributed by atoms with Gasteiger partial charge in [0.2, 0.25) is 5.91 Å². The molecule has 1 aromatic heterocycles. The van der Waals surface area contributed by atoms with E-state index in [0.717, 1.165) is 17.9 Å². The summed E-state index contributed by atoms with van der Waals surface area (Å²) in [6.07, 6.45) is 6.06. The van der Waals surface area contributed by atoms with E-state index < -0.39 is 0 Å². The number of carbonyl (C=O) groups excluding carboxylic acids is 1. The average Bonchev–Trinajstić information content (AvgIpc) is 3.16. The van der Waals surface area contributed by atoms with Gasteiger partial charge in [-0.15, -0.1) is 11.8 Å². The normalized spacial score (nSPS) is 10.7. The summed E-state index contributed by atoms with van der Waals surface area (Å²) in [6, 6.07) is 16.7. The minimum absolute atomic E-state index is 0.0899. The second-order valence-electron chi connectivity index (χ2n) is 6.24. The van der Waals surface area contributed by atoms with E-state index >= 15 is 0 Å². The van der Waals surface area contributed by atoms with Crippen LogP contribution in [-0.2, 0) is 17.9 Å². The first-order chi connectivity index (χ1) is 12.7. The Kier molecular flexibility index (Phi) is 6.50. The number of carbonyl (C=O) groups is 1. The van der Waals surface area contributed by atoms with Gasteiger partial charge in [-0.05, 0) is 30.2 Å². The van der Waals surface area contributed by atoms with Crippen LogP contribution in [0.25, 0.3) is 0 Å². The molecule has 1 amide bonds. The molecule has 26 heavy (non-hydrogen) atoms. The number of nitrogens with zero attached hydrogens (tertiary/aromatic N) is 2. The van der Waals surface area contributed by atoms with Gasteiger partial charge in [0.1, 0.15) is 0 Å². The Labute approximate surface area is 158 Å². The number of aromatic nitrogens is 2. The smallest absolute Gasteiger partial charge is 0.221 e. The van der Waals surface area contributed by atoms with Crippen LogP contribution in [0.15, 0.2) is 72.1 Å². The SMILES string of the molecule is Cc1ccc(SCCC(=O)NCc2ccc(Cn3ccnc3)cc2)cc1. The lowest BCUT2D eigenvalue weighted by molar-refractivity contribution is -0.120. The highest BCUT2D eigenvalue weighted by atomic mass is 32.2. The Bertz CT molecular complexity index is 811. The molecule has 0 spiro atoms. The van der Waals surface area contributed by atoms with Crippen molar-refractivity contribution in [3.63, 3.8) is 0 Å². The van der Waals surface area contributed by atoms with E-state index in [1.807, 2.05) is 17.1 Å². The van der Waals surface area contributed by atoms with Gasteiger partial charge in [-0.2, -0.15) is 0 Å². The second kappa shape index (κ2) is 9.25. The molecule has 2 aromatic carbocycles. The van der Waals surface area contributed by atoms with E-state index in [9.17, 15) is 4.79 Å². The van der Waals surface area contributed by atoms with Crippen molar-refractivity contribution in [3.05, 3.63) is 83.9 Å². The monoisotopic (exact) mass is 365 g/mol. The third kappa shape index (κ3) is 5.77. The topological polar surface area (TPSA) is 46.9 Å². The van der Waals surface area contributed by atoms with Crippen molar-refractivity contribution in [1.82, 2.24) is 14.9 Å². The fourth-order valence-electron chi connectivity index (χ4n) is 2.54. The summed E-state index contributed by atoms with van der Waals surface area (Å²) in [5.74, 6) is 0.880. The number of imidazole rings is 1. The number of benzene rings is 2. The molecule has 0 saturated heterocycles. The molecule has 0 aliphatic heterocycles. The summed E-state index contributed by atoms with van der Waals surface area (Å²) in [4.78, 5) is 17.3. The van der Waals surface area contributed by atoms with Crippen LogP contribution in [0.2, 0.25) is 0 Å². The molecule has 0 bridgehead atoms. The summed E-state index contributed by atoms with van der Waals surface area (Å²) >= 11 is 1.71. The lowest BCUT2D eigenvalue weighted by Crippen LogP contribution is -2.22. The lowest BCUT2D eigenvalue weighted by atomic mass is 10.1. The van der Waals surface area contributed by atoms with Gasteiger partial charge in [0, 0.05) is 42.6 Å². The Hall–Kier alpha value is -2.53. The van der Waals surface area contributed by atoms with Crippen molar-refractivity contribution in [2.45, 2.75) is 31.3 Å². The Morgan fingerprint density at radius 2 is 1.81 bits per heavy atom. The van der Waals surface area contributed by atoms with E-state index in [2.05, 4.69) is 65.8 Å². The molecule has 0 saturated carbocycles. The van der Waals surface area contributed by atoms with Crippen LogP contribution >= 0.6 is 11.8 Å². The second-order valence-corrected chi connectivity index (χ2v) is 7.41. The summed E-state index contributed by atoms with van der Waals surface area (Å²) in [5, 5.41) is 2.99. The van der Waals surface area contributed by atoms with Crippen LogP contribution in [0.1, 0.15) is 23.1 Å². The maximum atomic E-state index is 12.0. The zero-order valence-electron chi connectivity index (χ0n) is 14.9. The van der Waals surface area contributed by atoms with Gasteiger partial charge in [-0.1, -0.05) is 42.0 Å². The van der Waals surface area contributed by atoms with Crippen molar-refractivity contribution < 1.29 is 4.79 Å². The van der Waals surface area contributed by atoms with Crippen molar-refractivity contribution in [1.29, 1.82) is 0 Å². The molecule has 134 valence electrons. The first-order valence-corrected chi connectivity index (χ1v) is 9.67. The van der Waals surface area contributed by atoms with Crippen LogP contribution in [0.5, 0.6) is 0 Å². The van der Waals surface area contributed by atoms with Gasteiger partial charge < -0.3 is 9.88 Å². The standard InChI is InChI=1S/C21H23N3OS/c1-17-2-8-20(9-3-17)26-13-10-21(25)23-14-18-4-6-19(7-5-18)15-24-12-11-22-16-24/h2-9,11-12,16H,10,13-15H2,1H3,(H,23,25). The third-order valence-electron chi connectivity index (χ3n) is 4.06. The molecular weight excluding hydrogens is 342 g/mol. The number of thioether (sulfide) groups is 1. The van der Waals surface area contributed by atoms with E-state index in [1.165, 1.54) is 16.0 Å². The van der Waals surface area contributed by atoms with Gasteiger partial charge >= 0.3 is 0 Å². The van der Waals surface area contributed by atoms with E-state index in [0.29, 0.717) is 13.0 Å². The number of hydrogen-bond donors (Lipinski definition) is 1. The molecule has 0 radical (unpaired) electrons. The van der Waals surface area contributed by atoms with Gasteiger partial charge in [0.25, 0.3) is 0 Å². The molecule has 4 nitrogen and oxygen atoms in total. The van der Waals surface area contributed by atoms with Crippen molar-refractivity contribution in [2.75, 3.05) is 5.75 Å². The van der Waals surface area contributed by atoms with E-state index in [1.54, 1.807) is 18.0 Å². The molecule has 3 aromatic rings. The fraction of sp³-hybridized carbons (Fsp3) is 0.238. The van der Waals surface area contributed by atoms with Gasteiger partial charge in [-0.3, -0.25) is 4.79 Å². The number of nitrogens with one attached hydrogen (secondary N) is 1. The summed E-state index contributed by atoms with van der Waals surface area (Å²) in [5.41, 5.74) is 3.58. The molecule has 0 aliphatic rings. The highest BCUT2D eigenvalue weighted by molar-refractivity contribution is 7.99. The van der Waals surface area contributed by atoms with Gasteiger partial charge in [0.05, 0.1) is 6.33 Å². The number of aryl methyl sites for hydroxylation is 1. The maximum Gasteiger partial charge on any atom is 0.221 e. The molecule has 5 heteroatoms. The minimum Gasteiger partial charge on any atom is -0.352 e. The molecule has 0 unspecified atom stereocenters. The van der Waals surface area contributed by atoms with E-state index in [4.69, 9.17) is 0 Å². The zero-order valence-corrected chi connectivity index (χ0v) is 15.7. The molecule has 0 fully saturated rings. The third-order valence-corrected chi connectivity index (χ3v) is 5.07. The number of rotatable bonds is 8. The summed E-state index contributed by atoms with van der Waals surface area (Å²) in [6.45, 7) is 3.45. The van der Waals surface area contributed by atoms with Gasteiger partial charge in [-0.25, -0.2) is 4.98 Å². The molecule has 3 rings (SSSR count). The Morgan fingerprint density at radius 3 is 2.50 bits per heavy atom. The largest absolute Gasteiger partial charge is 0.352 e. The zero-order chi connectivity index (χ0) is 18.2. The highest BCUT2D eigenvalue weighted by Crippen LogP contribution is 2.18. The first kappa shape index (κ1) is 18.3. The number of amides is 1. The summed E-state index contributed by atoms with van der Waals surface area (Å²) in [7, 11) is 0. The predicted molar refractivity (Wildman–Crippen MR) is 106 cm³/mol. The minimum atomic E-state index is 0.0899. The highest BCUT2D eigenvalue weighted by Gasteiger charge is 2.03. The lowest BCUT2D eigenvalue weighted by Gasteiger charge is -2.07. The van der Waals surface area contributed by atoms with Crippen LogP contribution in [-0.4, -0.2) is 21.2 Å². The Morgan fingerprint density at radius 1 is 1.08 bits per heavy atom. The quantitative estimate of drug-likeness (QED) is 0.613. The predicted octanol–water partition coefficient (Wildman–Crippen LogP) is 4.04. The first-order valence-electron chi connectivity index (χ1n) is 8.69. The van der Waals surface area contributed by atoms with E-state index in [-0.39, 0.29) is 5.91 Å². The van der Waals surface area contributed by atoms with Gasteiger partial charge in [0.15, 0.2) is 0 Å². The van der Waals surface area contributed by atoms with Crippen LogP contribution in [0, 0.1) is 6.92 Å². The van der Waals surface area contributed by atoms with Crippen molar-refractivity contribution in [2.24, 2.45) is 0 Å². The van der Waals surface area contributed by atoms with Crippen molar-refractivity contribution in [3.8, 4) is 0 Å². The van der Waals surface area contributed by atoms with Crippen LogP contribution in [0.4, 0.5) is 0 Å². The Balaban J connectivity index is 1.37. The maximum absolute atomic E-state index is 12.0. The van der Waals surface area contributed by atoms with Crippen LogP contribution < -0.4 is 5.32 Å². The fourth-order valence-corrected chi connectivity index (χ4v) is 3.39. The molecular formula is C21H23N3OS. The molecule has 0 aliphatic carbocycles. The van der Waals surface area contributed by atoms with Crippen LogP contribution in [0.3, 0.4) is 0 Å². The van der Waals surface area contributed by atoms with Crippen molar-refractivity contribution >= 4 is 17.7 Å². The average molecular weight is 366 g/mol. The molecule has 1 heterocycles.